The van der Waals surface area contributed by atoms with Crippen molar-refractivity contribution in [1.29, 1.82) is 10.8 Å². The Morgan fingerprint density at radius 2 is 2.23 bits per heavy atom. The largest absolute Gasteiger partial charge is 0.383 e. The molecule has 1 fully saturated rings. The summed E-state index contributed by atoms with van der Waals surface area (Å²) < 4.78 is 16.6. The van der Waals surface area contributed by atoms with E-state index in [1.807, 2.05) is 16.9 Å². The molecule has 2 aromatic heterocycles. The quantitative estimate of drug-likeness (QED) is 0.501. The lowest BCUT2D eigenvalue weighted by molar-refractivity contribution is 0.614. The van der Waals surface area contributed by atoms with E-state index < -0.39 is 5.82 Å². The molecule has 0 saturated heterocycles. The number of aromatic nitrogens is 4. The summed E-state index contributed by atoms with van der Waals surface area (Å²) >= 11 is 0. The minimum Gasteiger partial charge on any atom is -0.383 e. The maximum Gasteiger partial charge on any atom is 0.193 e. The van der Waals surface area contributed by atoms with Gasteiger partial charge in [-0.2, -0.15) is 15.5 Å². The SMILES string of the molecule is Cc1c(C#N)cccc1-c1nc(N)c(F)c(/C(=C/NCc2ccn(C3CC3)n2)N=N)n1. The topological polar surface area (TPSA) is 142 Å². The van der Waals surface area contributed by atoms with E-state index >= 15 is 0 Å². The summed E-state index contributed by atoms with van der Waals surface area (Å²) in [5.41, 5.74) is 15.5. The van der Waals surface area contributed by atoms with Crippen molar-refractivity contribution in [3.63, 3.8) is 0 Å². The van der Waals surface area contributed by atoms with Crippen LogP contribution in [0.25, 0.3) is 17.1 Å². The molecule has 31 heavy (non-hydrogen) atoms. The Bertz CT molecular complexity index is 1220. The Labute approximate surface area is 178 Å². The van der Waals surface area contributed by atoms with Crippen LogP contribution >= 0.6 is 0 Å². The highest BCUT2D eigenvalue weighted by Crippen LogP contribution is 2.34. The minimum atomic E-state index is -0.861. The Balaban J connectivity index is 1.62. The molecule has 10 heteroatoms. The van der Waals surface area contributed by atoms with Crippen molar-refractivity contribution in [2.75, 3.05) is 5.73 Å². The van der Waals surface area contributed by atoms with Crippen molar-refractivity contribution in [3.8, 4) is 17.5 Å². The second kappa shape index (κ2) is 8.31. The van der Waals surface area contributed by atoms with Crippen molar-refractivity contribution >= 4 is 11.5 Å². The van der Waals surface area contributed by atoms with Crippen LogP contribution in [0.3, 0.4) is 0 Å². The van der Waals surface area contributed by atoms with Crippen molar-refractivity contribution in [2.24, 2.45) is 5.11 Å². The molecule has 0 aliphatic heterocycles. The van der Waals surface area contributed by atoms with Crippen LogP contribution in [0, 0.1) is 29.6 Å². The fraction of sp³-hybridized carbons (Fsp3) is 0.238. The predicted molar refractivity (Wildman–Crippen MR) is 112 cm³/mol. The van der Waals surface area contributed by atoms with Crippen LogP contribution in [-0.4, -0.2) is 19.7 Å². The Morgan fingerprint density at radius 1 is 1.42 bits per heavy atom. The van der Waals surface area contributed by atoms with E-state index in [2.05, 4.69) is 31.6 Å². The number of hydrogen-bond donors (Lipinski definition) is 3. The van der Waals surface area contributed by atoms with Gasteiger partial charge in [-0.15, -0.1) is 0 Å². The first-order valence-corrected chi connectivity index (χ1v) is 9.70. The van der Waals surface area contributed by atoms with Crippen LogP contribution in [0.1, 0.15) is 41.4 Å². The third-order valence-corrected chi connectivity index (χ3v) is 5.04. The maximum atomic E-state index is 14.7. The van der Waals surface area contributed by atoms with Crippen molar-refractivity contribution in [2.45, 2.75) is 32.4 Å². The number of nitrogen functional groups attached to an aromatic ring is 1. The van der Waals surface area contributed by atoms with Gasteiger partial charge in [-0.3, -0.25) is 4.68 Å². The van der Waals surface area contributed by atoms with Gasteiger partial charge in [-0.1, -0.05) is 12.1 Å². The smallest absolute Gasteiger partial charge is 0.193 e. The maximum absolute atomic E-state index is 14.7. The molecule has 0 atom stereocenters. The van der Waals surface area contributed by atoms with Gasteiger partial charge in [0, 0.05) is 18.0 Å². The number of nitrogens with one attached hydrogen (secondary N) is 2. The van der Waals surface area contributed by atoms with Gasteiger partial charge in [0.2, 0.25) is 0 Å². The molecular weight excluding hydrogens is 397 g/mol. The molecule has 156 valence electrons. The average molecular weight is 417 g/mol. The number of nitrogens with two attached hydrogens (primary N) is 1. The second-order valence-electron chi connectivity index (χ2n) is 7.23. The predicted octanol–water partition coefficient (Wildman–Crippen LogP) is 3.70. The zero-order valence-electron chi connectivity index (χ0n) is 16.8. The third kappa shape index (κ3) is 4.11. The summed E-state index contributed by atoms with van der Waals surface area (Å²) in [5, 5.41) is 20.1. The van der Waals surface area contributed by atoms with Gasteiger partial charge >= 0.3 is 0 Å². The Morgan fingerprint density at radius 3 is 2.94 bits per heavy atom. The van der Waals surface area contributed by atoms with Gasteiger partial charge in [-0.05, 0) is 37.5 Å². The molecule has 2 heterocycles. The fourth-order valence-corrected chi connectivity index (χ4v) is 3.17. The zero-order chi connectivity index (χ0) is 22.0. The van der Waals surface area contributed by atoms with Crippen LogP contribution in [-0.2, 0) is 6.54 Å². The summed E-state index contributed by atoms with van der Waals surface area (Å²) in [6.45, 7) is 2.14. The monoisotopic (exact) mass is 417 g/mol. The van der Waals surface area contributed by atoms with E-state index in [0.717, 1.165) is 18.5 Å². The first-order valence-electron chi connectivity index (χ1n) is 9.70. The molecule has 1 aliphatic carbocycles. The van der Waals surface area contributed by atoms with Gasteiger partial charge < -0.3 is 11.1 Å². The lowest BCUT2D eigenvalue weighted by Gasteiger charge is -2.10. The van der Waals surface area contributed by atoms with Gasteiger partial charge in [-0.25, -0.2) is 19.9 Å². The lowest BCUT2D eigenvalue weighted by Crippen LogP contribution is -2.10. The van der Waals surface area contributed by atoms with Crippen molar-refractivity contribution < 1.29 is 4.39 Å². The van der Waals surface area contributed by atoms with Crippen LogP contribution in [0.5, 0.6) is 0 Å². The Kier molecular flexibility index (Phi) is 5.41. The molecular formula is C21H20FN9. The van der Waals surface area contributed by atoms with Gasteiger partial charge in [0.1, 0.15) is 11.4 Å². The first kappa shape index (κ1) is 20.2. The fourth-order valence-electron chi connectivity index (χ4n) is 3.17. The number of nitriles is 1. The number of nitrogens with zero attached hydrogens (tertiary/aromatic N) is 6. The number of benzene rings is 1. The summed E-state index contributed by atoms with van der Waals surface area (Å²) in [6, 6.07) is 9.58. The average Bonchev–Trinajstić information content (AvgIpc) is 3.52. The van der Waals surface area contributed by atoms with E-state index in [4.69, 9.17) is 11.3 Å². The number of halogens is 1. The highest BCUT2D eigenvalue weighted by molar-refractivity contribution is 5.69. The molecule has 4 rings (SSSR count). The second-order valence-corrected chi connectivity index (χ2v) is 7.23. The number of rotatable bonds is 7. The first-order chi connectivity index (χ1) is 15.0. The van der Waals surface area contributed by atoms with E-state index in [0.29, 0.717) is 29.3 Å². The molecule has 4 N–H and O–H groups in total. The molecule has 9 nitrogen and oxygen atoms in total. The zero-order valence-corrected chi connectivity index (χ0v) is 16.8. The van der Waals surface area contributed by atoms with Gasteiger partial charge in [0.05, 0.1) is 29.9 Å². The van der Waals surface area contributed by atoms with E-state index in [1.54, 1.807) is 25.1 Å². The molecule has 1 saturated carbocycles. The highest BCUT2D eigenvalue weighted by Gasteiger charge is 2.24. The molecule has 0 spiro atoms. The lowest BCUT2D eigenvalue weighted by atomic mass is 10.0. The molecule has 3 aromatic rings. The Hall–Kier alpha value is -4.13. The van der Waals surface area contributed by atoms with Crippen LogP contribution in [0.2, 0.25) is 0 Å². The van der Waals surface area contributed by atoms with Gasteiger partial charge in [0.15, 0.2) is 17.5 Å². The summed E-state index contributed by atoms with van der Waals surface area (Å²) in [6.07, 6.45) is 5.62. The summed E-state index contributed by atoms with van der Waals surface area (Å²) in [5.74, 6) is -1.07. The van der Waals surface area contributed by atoms with Crippen LogP contribution < -0.4 is 11.1 Å². The van der Waals surface area contributed by atoms with Crippen LogP contribution in [0.15, 0.2) is 41.8 Å². The van der Waals surface area contributed by atoms with E-state index in [1.165, 1.54) is 6.20 Å². The highest BCUT2D eigenvalue weighted by atomic mass is 19.1. The van der Waals surface area contributed by atoms with E-state index in [9.17, 15) is 9.65 Å². The molecule has 0 radical (unpaired) electrons. The molecule has 1 aromatic carbocycles. The molecule has 1 aliphatic rings. The van der Waals surface area contributed by atoms with Crippen LogP contribution in [0.4, 0.5) is 10.2 Å². The van der Waals surface area contributed by atoms with Gasteiger partial charge in [0.25, 0.3) is 0 Å². The molecule has 0 bridgehead atoms. The van der Waals surface area contributed by atoms with Crippen molar-refractivity contribution in [3.05, 3.63) is 65.0 Å². The minimum absolute atomic E-state index is 0.0384. The normalized spacial score (nSPS) is 13.6. The number of anilines is 1. The molecule has 0 amide bonds. The van der Waals surface area contributed by atoms with E-state index in [-0.39, 0.29) is 23.0 Å². The summed E-state index contributed by atoms with van der Waals surface area (Å²) in [7, 11) is 0. The van der Waals surface area contributed by atoms with Crippen molar-refractivity contribution in [1.82, 2.24) is 25.1 Å². The third-order valence-electron chi connectivity index (χ3n) is 5.04. The molecule has 0 unspecified atom stereocenters. The summed E-state index contributed by atoms with van der Waals surface area (Å²) in [4.78, 5) is 8.28. The number of hydrogen-bond acceptors (Lipinski definition) is 8. The standard InChI is InChI=1S/C21H20FN9/c1-12-13(9-23)3-2-4-16(12)21-27-19(18(22)20(24)28-21)17(29-25)11-26-10-14-7-8-31(30-14)15-5-6-15/h2-4,7-8,11,15,25-26H,5-6,10H2,1H3,(H2,24,27,28)/b17-11-,29-25?.